The van der Waals surface area contributed by atoms with Gasteiger partial charge in [0.1, 0.15) is 40.9 Å². The van der Waals surface area contributed by atoms with Gasteiger partial charge in [-0.3, -0.25) is 24.0 Å². The second kappa shape index (κ2) is 16.3. The van der Waals surface area contributed by atoms with Crippen LogP contribution in [0, 0.1) is 17.8 Å². The van der Waals surface area contributed by atoms with Crippen molar-refractivity contribution in [2.45, 2.75) is 126 Å². The van der Waals surface area contributed by atoms with E-state index in [2.05, 4.69) is 14.9 Å². The smallest absolute Gasteiger partial charge is 0.408 e. The number of hydrogen-bond acceptors (Lipinski definition) is 11. The number of anilines is 1. The van der Waals surface area contributed by atoms with E-state index in [4.69, 9.17) is 19.4 Å². The number of sulfonamides is 1. The lowest BCUT2D eigenvalue weighted by Gasteiger charge is -2.43. The van der Waals surface area contributed by atoms with Crippen LogP contribution in [0.1, 0.15) is 92.4 Å². The van der Waals surface area contributed by atoms with Crippen LogP contribution in [0.4, 0.5) is 15.1 Å². The highest BCUT2D eigenvalue weighted by Crippen LogP contribution is 2.48. The maximum Gasteiger partial charge on any atom is 0.408 e. The molecule has 4 heterocycles. The maximum atomic E-state index is 15.2. The molecule has 7 atom stereocenters. The highest BCUT2D eigenvalue weighted by atomic mass is 32.2. The average Bonchev–Trinajstić information content (AvgIpc) is 3.99. The van der Waals surface area contributed by atoms with Gasteiger partial charge >= 0.3 is 6.09 Å². The molecule has 3 N–H and O–H groups in total. The number of alkyl halides is 1. The summed E-state index contributed by atoms with van der Waals surface area (Å²) in [5, 5.41) is 14.1. The third kappa shape index (κ3) is 8.32. The number of ether oxygens (including phenoxy) is 2. The minimum atomic E-state index is -4.42. The Balaban J connectivity index is 1.28. The highest BCUT2D eigenvalue weighted by molar-refractivity contribution is 7.91. The molecule has 3 aliphatic heterocycles. The summed E-state index contributed by atoms with van der Waals surface area (Å²) < 4.78 is 53.0. The molecule has 5 aliphatic rings. The van der Waals surface area contributed by atoms with Crippen LogP contribution in [0.5, 0.6) is 11.6 Å². The number of amides is 4. The van der Waals surface area contributed by atoms with Gasteiger partial charge in [-0.05, 0) is 96.1 Å². The summed E-state index contributed by atoms with van der Waals surface area (Å²) in [5.41, 5.74) is -2.13. The first-order chi connectivity index (χ1) is 28.3. The number of fused-ring (bicyclic) bond motifs is 3. The number of aromatic nitrogens is 2. The summed E-state index contributed by atoms with van der Waals surface area (Å²) in [6.07, 6.45) is 5.52. The van der Waals surface area contributed by atoms with Gasteiger partial charge in [0.25, 0.3) is 5.91 Å². The lowest BCUT2D eigenvalue weighted by Crippen LogP contribution is -2.62. The van der Waals surface area contributed by atoms with Gasteiger partial charge in [-0.2, -0.15) is 4.98 Å². The second-order valence-electron chi connectivity index (χ2n) is 18.5. The van der Waals surface area contributed by atoms with E-state index in [1.807, 2.05) is 19.9 Å². The monoisotopic (exact) mass is 855 g/mol. The Morgan fingerprint density at radius 3 is 2.47 bits per heavy atom. The van der Waals surface area contributed by atoms with Gasteiger partial charge in [-0.25, -0.2) is 22.6 Å². The molecule has 4 amide bonds. The number of carbonyl (C=O) groups is 4. The van der Waals surface area contributed by atoms with Crippen molar-refractivity contribution in [2.75, 3.05) is 38.3 Å². The molecule has 0 bridgehead atoms. The Morgan fingerprint density at radius 2 is 1.83 bits per heavy atom. The Bertz CT molecular complexity index is 2160. The molecule has 2 aromatic rings. The third-order valence-electron chi connectivity index (χ3n) is 13.0. The van der Waals surface area contributed by atoms with E-state index in [-0.39, 0.29) is 44.0 Å². The van der Waals surface area contributed by atoms with Crippen molar-refractivity contribution in [3.05, 3.63) is 30.4 Å². The second-order valence-corrected chi connectivity index (χ2v) is 20.6. The minimum absolute atomic E-state index is 0.0557. The number of rotatable bonds is 9. The summed E-state index contributed by atoms with van der Waals surface area (Å²) in [7, 11) is -2.86. The summed E-state index contributed by atoms with van der Waals surface area (Å²) in [4.78, 5) is 71.3. The van der Waals surface area contributed by atoms with Crippen molar-refractivity contribution < 1.29 is 46.6 Å². The van der Waals surface area contributed by atoms with Crippen molar-refractivity contribution in [2.24, 2.45) is 17.8 Å². The summed E-state index contributed by atoms with van der Waals surface area (Å²) >= 11 is 0. The van der Waals surface area contributed by atoms with Crippen molar-refractivity contribution in [3.63, 3.8) is 0 Å². The Hall–Kier alpha value is -4.74. The van der Waals surface area contributed by atoms with Gasteiger partial charge < -0.3 is 29.7 Å². The minimum Gasteiger partial charge on any atom is -0.497 e. The Labute approximate surface area is 350 Å². The first-order valence-corrected chi connectivity index (χ1v) is 22.5. The van der Waals surface area contributed by atoms with Crippen molar-refractivity contribution in [1.29, 1.82) is 0 Å². The van der Waals surface area contributed by atoms with E-state index in [1.165, 1.54) is 4.90 Å². The van der Waals surface area contributed by atoms with Gasteiger partial charge in [-0.1, -0.05) is 26.0 Å². The third-order valence-corrected chi connectivity index (χ3v) is 15.1. The molecule has 4 fully saturated rings. The predicted octanol–water partition coefficient (Wildman–Crippen LogP) is 4.57. The number of benzene rings is 1. The van der Waals surface area contributed by atoms with Crippen molar-refractivity contribution in [3.8, 4) is 11.6 Å². The zero-order chi connectivity index (χ0) is 43.4. The van der Waals surface area contributed by atoms with E-state index in [0.717, 1.165) is 30.8 Å². The molecule has 60 heavy (non-hydrogen) atoms. The predicted molar refractivity (Wildman–Crippen MR) is 221 cm³/mol. The van der Waals surface area contributed by atoms with Crippen LogP contribution >= 0.6 is 0 Å². The van der Waals surface area contributed by atoms with Gasteiger partial charge in [0.2, 0.25) is 33.7 Å². The average molecular weight is 856 g/mol. The number of allylic oxidation sites excluding steroid dienone is 1. The molecular weight excluding hydrogens is 798 g/mol. The van der Waals surface area contributed by atoms with Crippen LogP contribution in [0.3, 0.4) is 0 Å². The zero-order valence-corrected chi connectivity index (χ0v) is 36.1. The molecule has 16 nitrogen and oxygen atoms in total. The van der Waals surface area contributed by atoms with Gasteiger partial charge in [0, 0.05) is 37.0 Å². The molecular formula is C42H58FN7O9S. The summed E-state index contributed by atoms with van der Waals surface area (Å²) in [6, 6.07) is 2.87. The topological polar surface area (TPSA) is 201 Å². The SMILES string of the molecule is COc1ccc2c(O[C@@H]3C[C@H]4C(=O)N[C@]5(C(=O)NS(=O)(=O)C6(CF)CC6)C[C@H]5/C=C\CC[C@H](C)C[C@@H](C)[C@H](N(C(=O)O)C(C)(C)C)C(=O)N4C3)nc(N3CCCC3)nc2c1. The molecule has 0 unspecified atom stereocenters. The standard InChI is InChI=1S/C42H58FN7O9S/c1-25-11-7-8-12-27-22-42(27,37(53)47-60(56,57)41(24-43)15-16-41)46-34(51)32-21-29(23-49(32)36(52)33(26(2)19-25)50(39(54)55)40(3,4)5)59-35-30-14-13-28(58-6)20-31(30)44-38(45-35)48-17-9-10-18-48/h8,12-14,20,25-27,29,32-33H,7,9-11,15-19,21-24H2,1-6H3,(H,46,51)(H,47,53)(H,54,55)/b12-8-/t25-,26+,27+,29+,32-,33-,42+/m0/s1. The number of methoxy groups -OCH3 is 1. The van der Waals surface area contributed by atoms with E-state index >= 15 is 4.79 Å². The van der Waals surface area contributed by atoms with Gasteiger partial charge in [-0.15, -0.1) is 0 Å². The number of hydrogen-bond donors (Lipinski definition) is 3. The normalized spacial score (nSPS) is 30.0. The van der Waals surface area contributed by atoms with Crippen LogP contribution in [-0.2, 0) is 24.4 Å². The summed E-state index contributed by atoms with van der Waals surface area (Å²) in [6.45, 7) is 9.30. The lowest BCUT2D eigenvalue weighted by atomic mass is 9.85. The number of carboxylic acid groups (broad SMARTS) is 1. The fourth-order valence-electron chi connectivity index (χ4n) is 9.22. The first kappa shape index (κ1) is 43.4. The van der Waals surface area contributed by atoms with E-state index in [9.17, 15) is 32.3 Å². The van der Waals surface area contributed by atoms with Crippen LogP contribution in [0.25, 0.3) is 10.9 Å². The molecule has 18 heteroatoms. The van der Waals surface area contributed by atoms with Crippen LogP contribution in [0.2, 0.25) is 0 Å². The van der Waals surface area contributed by atoms with Crippen molar-refractivity contribution >= 4 is 50.7 Å². The van der Waals surface area contributed by atoms with E-state index < -0.39 is 86.4 Å². The Kier molecular flexibility index (Phi) is 11.8. The fraction of sp³-hybridized carbons (Fsp3) is 0.667. The molecule has 1 aromatic heterocycles. The number of nitrogens with one attached hydrogen (secondary N) is 2. The molecule has 0 radical (unpaired) electrons. The number of halogens is 1. The fourth-order valence-corrected chi connectivity index (χ4v) is 10.6. The largest absolute Gasteiger partial charge is 0.497 e. The van der Waals surface area contributed by atoms with Crippen LogP contribution < -0.4 is 24.4 Å². The molecule has 2 aliphatic carbocycles. The zero-order valence-electron chi connectivity index (χ0n) is 35.3. The maximum absolute atomic E-state index is 15.2. The van der Waals surface area contributed by atoms with E-state index in [1.54, 1.807) is 52.2 Å². The number of carbonyl (C=O) groups excluding carboxylic acids is 3. The summed E-state index contributed by atoms with van der Waals surface area (Å²) in [5.74, 6) is -1.98. The molecule has 1 aromatic carbocycles. The van der Waals surface area contributed by atoms with Crippen LogP contribution in [-0.4, -0.2) is 125 Å². The first-order valence-electron chi connectivity index (χ1n) is 21.0. The highest BCUT2D eigenvalue weighted by Gasteiger charge is 2.64. The Morgan fingerprint density at radius 1 is 1.12 bits per heavy atom. The molecule has 2 saturated carbocycles. The molecule has 328 valence electrons. The molecule has 2 saturated heterocycles. The molecule has 7 rings (SSSR count). The van der Waals surface area contributed by atoms with Gasteiger partial charge in [0.15, 0.2) is 0 Å². The molecule has 0 spiro atoms. The number of nitrogens with zero attached hydrogens (tertiary/aromatic N) is 5. The van der Waals surface area contributed by atoms with Crippen LogP contribution in [0.15, 0.2) is 30.4 Å². The van der Waals surface area contributed by atoms with Gasteiger partial charge in [0.05, 0.1) is 24.6 Å². The lowest BCUT2D eigenvalue weighted by molar-refractivity contribution is -0.146. The van der Waals surface area contributed by atoms with E-state index in [0.29, 0.717) is 41.9 Å². The quantitative estimate of drug-likeness (QED) is 0.298. The van der Waals surface area contributed by atoms with Crippen molar-refractivity contribution in [1.82, 2.24) is 29.8 Å².